The number of amides is 1. The molecule has 0 saturated carbocycles. The Morgan fingerprint density at radius 3 is 2.95 bits per heavy atom. The molecule has 0 radical (unpaired) electrons. The molecular weight excluding hydrogens is 294 g/mol. The average Bonchev–Trinajstić information content (AvgIpc) is 2.90. The summed E-state index contributed by atoms with van der Waals surface area (Å²) in [6.07, 6.45) is 1.18. The Morgan fingerprint density at radius 2 is 2.33 bits per heavy atom. The van der Waals surface area contributed by atoms with Gasteiger partial charge in [0.15, 0.2) is 0 Å². The fourth-order valence-corrected chi connectivity index (χ4v) is 2.82. The van der Waals surface area contributed by atoms with E-state index < -0.39 is 4.92 Å². The molecule has 0 aliphatic carbocycles. The van der Waals surface area contributed by atoms with Crippen LogP contribution in [-0.4, -0.2) is 42.4 Å². The number of non-ortho nitro benzene ring substituents is 1. The van der Waals surface area contributed by atoms with Crippen molar-refractivity contribution in [2.24, 2.45) is 5.92 Å². The predicted octanol–water partition coefficient (Wildman–Crippen LogP) is 1.86. The minimum absolute atomic E-state index is 0.0179. The summed E-state index contributed by atoms with van der Waals surface area (Å²) in [6, 6.07) is 4.22. The zero-order valence-electron chi connectivity index (χ0n) is 11.8. The van der Waals surface area contributed by atoms with Gasteiger partial charge in [-0.1, -0.05) is 17.7 Å². The second-order valence-corrected chi connectivity index (χ2v) is 5.67. The van der Waals surface area contributed by atoms with Crippen LogP contribution >= 0.6 is 11.6 Å². The molecule has 1 saturated heterocycles. The van der Waals surface area contributed by atoms with Crippen LogP contribution in [-0.2, 0) is 11.2 Å². The standard InChI is InChI=1S/C14H18ClN3O3/c1-16-8-10-4-5-17(9-10)14(19)6-11-2-3-12(18(20)21)7-13(11)15/h2-3,7,10,16H,4-6,8-9H2,1H3. The lowest BCUT2D eigenvalue weighted by Gasteiger charge is -2.17. The lowest BCUT2D eigenvalue weighted by atomic mass is 10.1. The number of nitrogens with one attached hydrogen (secondary N) is 1. The Hall–Kier alpha value is -1.66. The van der Waals surface area contributed by atoms with Gasteiger partial charge < -0.3 is 10.2 Å². The van der Waals surface area contributed by atoms with Gasteiger partial charge in [-0.05, 0) is 31.5 Å². The van der Waals surface area contributed by atoms with Crippen LogP contribution in [0.3, 0.4) is 0 Å². The molecule has 0 spiro atoms. The summed E-state index contributed by atoms with van der Waals surface area (Å²) in [5, 5.41) is 14.0. The van der Waals surface area contributed by atoms with Gasteiger partial charge in [-0.25, -0.2) is 0 Å². The molecule has 1 heterocycles. The first-order chi connectivity index (χ1) is 10.0. The molecule has 1 amide bonds. The lowest BCUT2D eigenvalue weighted by Crippen LogP contribution is -2.31. The molecule has 1 atom stereocenters. The molecule has 1 aliphatic rings. The van der Waals surface area contributed by atoms with Crippen molar-refractivity contribution in [1.29, 1.82) is 0 Å². The summed E-state index contributed by atoms with van der Waals surface area (Å²) in [7, 11) is 1.90. The van der Waals surface area contributed by atoms with Crippen molar-refractivity contribution in [3.05, 3.63) is 38.9 Å². The van der Waals surface area contributed by atoms with E-state index in [1.807, 2.05) is 11.9 Å². The molecule has 114 valence electrons. The van der Waals surface area contributed by atoms with Crippen molar-refractivity contribution in [2.75, 3.05) is 26.7 Å². The highest BCUT2D eigenvalue weighted by Crippen LogP contribution is 2.24. The van der Waals surface area contributed by atoms with Gasteiger partial charge in [0, 0.05) is 25.2 Å². The number of hydrogen-bond acceptors (Lipinski definition) is 4. The average molecular weight is 312 g/mol. The van der Waals surface area contributed by atoms with Gasteiger partial charge in [0.05, 0.1) is 16.4 Å². The Bertz CT molecular complexity index is 550. The van der Waals surface area contributed by atoms with E-state index in [0.29, 0.717) is 11.5 Å². The summed E-state index contributed by atoms with van der Waals surface area (Å²) in [6.45, 7) is 2.42. The first-order valence-electron chi connectivity index (χ1n) is 6.86. The molecule has 7 heteroatoms. The van der Waals surface area contributed by atoms with Crippen LogP contribution in [0.2, 0.25) is 5.02 Å². The Morgan fingerprint density at radius 1 is 1.57 bits per heavy atom. The maximum Gasteiger partial charge on any atom is 0.270 e. The molecule has 1 aromatic rings. The summed E-state index contributed by atoms with van der Waals surface area (Å²) >= 11 is 6.02. The fraction of sp³-hybridized carbons (Fsp3) is 0.500. The SMILES string of the molecule is CNCC1CCN(C(=O)Cc2ccc([N+](=O)[O-])cc2Cl)C1. The minimum Gasteiger partial charge on any atom is -0.342 e. The molecule has 0 aromatic heterocycles. The van der Waals surface area contributed by atoms with Gasteiger partial charge in [0.1, 0.15) is 0 Å². The lowest BCUT2D eigenvalue weighted by molar-refractivity contribution is -0.384. The number of carbonyl (C=O) groups excluding carboxylic acids is 1. The number of likely N-dealkylation sites (tertiary alicyclic amines) is 1. The first-order valence-corrected chi connectivity index (χ1v) is 7.24. The van der Waals surface area contributed by atoms with Crippen LogP contribution in [0.25, 0.3) is 0 Å². The maximum absolute atomic E-state index is 12.2. The van der Waals surface area contributed by atoms with Crippen LogP contribution in [0.1, 0.15) is 12.0 Å². The molecular formula is C14H18ClN3O3. The van der Waals surface area contributed by atoms with E-state index in [9.17, 15) is 14.9 Å². The van der Waals surface area contributed by atoms with E-state index in [-0.39, 0.29) is 23.0 Å². The molecule has 1 fully saturated rings. The Labute approximate surface area is 128 Å². The predicted molar refractivity (Wildman–Crippen MR) is 80.4 cm³/mol. The van der Waals surface area contributed by atoms with Gasteiger partial charge >= 0.3 is 0 Å². The largest absolute Gasteiger partial charge is 0.342 e. The van der Waals surface area contributed by atoms with E-state index in [0.717, 1.165) is 26.1 Å². The van der Waals surface area contributed by atoms with Crippen LogP contribution in [0.4, 0.5) is 5.69 Å². The molecule has 1 aromatic carbocycles. The summed E-state index contributed by atoms with van der Waals surface area (Å²) in [5.41, 5.74) is 0.566. The van der Waals surface area contributed by atoms with Gasteiger partial charge in [0.25, 0.3) is 5.69 Å². The topological polar surface area (TPSA) is 75.5 Å². The quantitative estimate of drug-likeness (QED) is 0.665. The number of nitro groups is 1. The van der Waals surface area contributed by atoms with Gasteiger partial charge in [-0.2, -0.15) is 0 Å². The smallest absolute Gasteiger partial charge is 0.270 e. The second-order valence-electron chi connectivity index (χ2n) is 5.26. The number of hydrogen-bond donors (Lipinski definition) is 1. The minimum atomic E-state index is -0.500. The zero-order chi connectivity index (χ0) is 15.4. The summed E-state index contributed by atoms with van der Waals surface area (Å²) in [5.74, 6) is 0.510. The third-order valence-electron chi connectivity index (χ3n) is 3.72. The number of benzene rings is 1. The Balaban J connectivity index is 1.99. The van der Waals surface area contributed by atoms with E-state index in [4.69, 9.17) is 11.6 Å². The molecule has 6 nitrogen and oxygen atoms in total. The van der Waals surface area contributed by atoms with Crippen LogP contribution in [0.5, 0.6) is 0 Å². The zero-order valence-corrected chi connectivity index (χ0v) is 12.6. The highest BCUT2D eigenvalue weighted by molar-refractivity contribution is 6.31. The van der Waals surface area contributed by atoms with Gasteiger partial charge in [0.2, 0.25) is 5.91 Å². The molecule has 21 heavy (non-hydrogen) atoms. The summed E-state index contributed by atoms with van der Waals surface area (Å²) < 4.78 is 0. The van der Waals surface area contributed by atoms with E-state index in [1.165, 1.54) is 12.1 Å². The third kappa shape index (κ3) is 3.92. The molecule has 1 N–H and O–H groups in total. The monoisotopic (exact) mass is 311 g/mol. The van der Waals surface area contributed by atoms with Crippen molar-refractivity contribution >= 4 is 23.2 Å². The van der Waals surface area contributed by atoms with E-state index in [2.05, 4.69) is 5.32 Å². The van der Waals surface area contributed by atoms with Gasteiger partial charge in [-0.3, -0.25) is 14.9 Å². The highest BCUT2D eigenvalue weighted by atomic mass is 35.5. The fourth-order valence-electron chi connectivity index (χ4n) is 2.58. The van der Waals surface area contributed by atoms with Crippen molar-refractivity contribution in [3.63, 3.8) is 0 Å². The van der Waals surface area contributed by atoms with Crippen molar-refractivity contribution in [2.45, 2.75) is 12.8 Å². The van der Waals surface area contributed by atoms with Crippen LogP contribution < -0.4 is 5.32 Å². The van der Waals surface area contributed by atoms with Crippen molar-refractivity contribution in [3.8, 4) is 0 Å². The second kappa shape index (κ2) is 6.87. The highest BCUT2D eigenvalue weighted by Gasteiger charge is 2.26. The van der Waals surface area contributed by atoms with Gasteiger partial charge in [-0.15, -0.1) is 0 Å². The van der Waals surface area contributed by atoms with E-state index >= 15 is 0 Å². The molecule has 0 bridgehead atoms. The molecule has 1 unspecified atom stereocenters. The van der Waals surface area contributed by atoms with Crippen LogP contribution in [0, 0.1) is 16.0 Å². The number of rotatable bonds is 5. The van der Waals surface area contributed by atoms with Crippen LogP contribution in [0.15, 0.2) is 18.2 Å². The molecule has 1 aliphatic heterocycles. The number of nitro benzene ring substituents is 1. The maximum atomic E-state index is 12.2. The summed E-state index contributed by atoms with van der Waals surface area (Å²) in [4.78, 5) is 24.2. The first kappa shape index (κ1) is 15.7. The van der Waals surface area contributed by atoms with E-state index in [1.54, 1.807) is 6.07 Å². The third-order valence-corrected chi connectivity index (χ3v) is 4.07. The number of nitrogens with zero attached hydrogens (tertiary/aromatic N) is 2. The normalized spacial score (nSPS) is 18.0. The van der Waals surface area contributed by atoms with Crippen molar-refractivity contribution in [1.82, 2.24) is 10.2 Å². The number of carbonyl (C=O) groups is 1. The Kier molecular flexibility index (Phi) is 5.14. The number of halogens is 1. The van der Waals surface area contributed by atoms with Crippen molar-refractivity contribution < 1.29 is 9.72 Å². The molecule has 2 rings (SSSR count).